The molecule has 0 saturated heterocycles. The lowest BCUT2D eigenvalue weighted by atomic mass is 10.1. The zero-order valence-electron chi connectivity index (χ0n) is 19.1. The van der Waals surface area contributed by atoms with Crippen molar-refractivity contribution in [2.75, 3.05) is 17.1 Å². The molecule has 7 nitrogen and oxygen atoms in total. The molecule has 180 valence electrons. The largest absolute Gasteiger partial charge is 0.352 e. The van der Waals surface area contributed by atoms with Crippen LogP contribution in [0.4, 0.5) is 10.1 Å². The fraction of sp³-hybridized carbons (Fsp3) is 0.391. The Hall–Kier alpha value is -2.46. The summed E-state index contributed by atoms with van der Waals surface area (Å²) in [4.78, 5) is 27.4. The molecule has 0 aliphatic rings. The summed E-state index contributed by atoms with van der Waals surface area (Å²) in [5.41, 5.74) is 0.519. The monoisotopic (exact) mass is 541 g/mol. The minimum Gasteiger partial charge on any atom is -0.352 e. The summed E-state index contributed by atoms with van der Waals surface area (Å²) < 4.78 is 41.0. The highest BCUT2D eigenvalue weighted by Gasteiger charge is 2.31. The first-order valence-electron chi connectivity index (χ1n) is 10.5. The predicted octanol–water partition coefficient (Wildman–Crippen LogP) is 3.69. The number of carbonyl (C=O) groups is 2. The van der Waals surface area contributed by atoms with Gasteiger partial charge in [0.05, 0.1) is 11.9 Å². The smallest absolute Gasteiger partial charge is 0.244 e. The van der Waals surface area contributed by atoms with E-state index in [-0.39, 0.29) is 18.2 Å². The van der Waals surface area contributed by atoms with Crippen LogP contribution in [0, 0.1) is 5.82 Å². The Morgan fingerprint density at radius 1 is 1.12 bits per heavy atom. The van der Waals surface area contributed by atoms with E-state index in [0.29, 0.717) is 16.6 Å². The van der Waals surface area contributed by atoms with Crippen molar-refractivity contribution in [3.8, 4) is 0 Å². The van der Waals surface area contributed by atoms with Gasteiger partial charge >= 0.3 is 0 Å². The van der Waals surface area contributed by atoms with Crippen molar-refractivity contribution in [2.24, 2.45) is 0 Å². The fourth-order valence-electron chi connectivity index (χ4n) is 3.10. The van der Waals surface area contributed by atoms with E-state index in [2.05, 4.69) is 21.2 Å². The maximum atomic E-state index is 14.4. The van der Waals surface area contributed by atoms with Crippen LogP contribution in [-0.2, 0) is 26.2 Å². The number of benzene rings is 2. The molecule has 2 aromatic rings. The van der Waals surface area contributed by atoms with E-state index in [0.717, 1.165) is 10.6 Å². The van der Waals surface area contributed by atoms with Gasteiger partial charge in [-0.1, -0.05) is 47.1 Å². The van der Waals surface area contributed by atoms with Gasteiger partial charge in [-0.15, -0.1) is 0 Å². The molecule has 0 aliphatic carbocycles. The van der Waals surface area contributed by atoms with E-state index < -0.39 is 40.2 Å². The first kappa shape index (κ1) is 26.8. The Kier molecular flexibility index (Phi) is 9.42. The summed E-state index contributed by atoms with van der Waals surface area (Å²) >= 11 is 3.31. The minimum absolute atomic E-state index is 0.112. The van der Waals surface area contributed by atoms with Crippen LogP contribution in [0.3, 0.4) is 0 Å². The van der Waals surface area contributed by atoms with Crippen LogP contribution in [0.1, 0.15) is 32.8 Å². The second-order valence-electron chi connectivity index (χ2n) is 7.86. The van der Waals surface area contributed by atoms with Crippen LogP contribution >= 0.6 is 15.9 Å². The molecule has 0 aliphatic heterocycles. The summed E-state index contributed by atoms with van der Waals surface area (Å²) in [5, 5.41) is 2.82. The lowest BCUT2D eigenvalue weighted by Gasteiger charge is -2.32. The van der Waals surface area contributed by atoms with Gasteiger partial charge in [0.1, 0.15) is 18.4 Å². The Bertz CT molecular complexity index is 1100. The normalized spacial score (nSPS) is 13.2. The van der Waals surface area contributed by atoms with Crippen molar-refractivity contribution in [3.05, 3.63) is 64.4 Å². The van der Waals surface area contributed by atoms with Crippen LogP contribution in [0.15, 0.2) is 53.0 Å². The Morgan fingerprint density at radius 2 is 1.79 bits per heavy atom. The lowest BCUT2D eigenvalue weighted by molar-refractivity contribution is -0.139. The first-order valence-corrected chi connectivity index (χ1v) is 13.1. The Labute approximate surface area is 203 Å². The molecule has 0 aromatic heterocycles. The molecule has 0 unspecified atom stereocenters. The maximum Gasteiger partial charge on any atom is 0.244 e. The zero-order chi connectivity index (χ0) is 24.8. The van der Waals surface area contributed by atoms with Crippen LogP contribution in [0.5, 0.6) is 0 Å². The van der Waals surface area contributed by atoms with Crippen molar-refractivity contribution >= 4 is 43.5 Å². The van der Waals surface area contributed by atoms with Crippen LogP contribution in [0.25, 0.3) is 0 Å². The second-order valence-corrected chi connectivity index (χ2v) is 10.7. The molecule has 10 heteroatoms. The summed E-state index contributed by atoms with van der Waals surface area (Å²) in [6, 6.07) is 11.4. The number of carbonyl (C=O) groups excluding carboxylic acids is 2. The van der Waals surface area contributed by atoms with Gasteiger partial charge in [-0.05, 0) is 44.5 Å². The molecule has 2 aromatic carbocycles. The number of sulfonamides is 1. The highest BCUT2D eigenvalue weighted by Crippen LogP contribution is 2.23. The number of rotatable bonds is 10. The van der Waals surface area contributed by atoms with Crippen molar-refractivity contribution in [3.63, 3.8) is 0 Å². The van der Waals surface area contributed by atoms with Gasteiger partial charge in [-0.25, -0.2) is 12.8 Å². The van der Waals surface area contributed by atoms with Crippen LogP contribution in [-0.4, -0.2) is 50.0 Å². The zero-order valence-corrected chi connectivity index (χ0v) is 21.5. The average molecular weight is 542 g/mol. The van der Waals surface area contributed by atoms with E-state index in [1.807, 2.05) is 13.8 Å². The molecule has 2 atom stereocenters. The van der Waals surface area contributed by atoms with Gasteiger partial charge in [0.2, 0.25) is 21.8 Å². The molecule has 2 amide bonds. The molecule has 0 heterocycles. The molecule has 2 rings (SSSR count). The van der Waals surface area contributed by atoms with Crippen LogP contribution in [0.2, 0.25) is 0 Å². The number of hydrogen-bond donors (Lipinski definition) is 1. The maximum absolute atomic E-state index is 14.4. The van der Waals surface area contributed by atoms with Gasteiger partial charge < -0.3 is 10.2 Å². The second kappa shape index (κ2) is 11.6. The van der Waals surface area contributed by atoms with E-state index in [1.54, 1.807) is 37.3 Å². The minimum atomic E-state index is -3.82. The van der Waals surface area contributed by atoms with E-state index >= 15 is 0 Å². The predicted molar refractivity (Wildman–Crippen MR) is 131 cm³/mol. The number of amides is 2. The molecule has 0 radical (unpaired) electrons. The van der Waals surface area contributed by atoms with E-state index in [4.69, 9.17) is 0 Å². The average Bonchev–Trinajstić information content (AvgIpc) is 2.75. The summed E-state index contributed by atoms with van der Waals surface area (Å²) in [6.45, 7) is 4.58. The Morgan fingerprint density at radius 3 is 2.36 bits per heavy atom. The molecule has 0 bridgehead atoms. The van der Waals surface area contributed by atoms with Gasteiger partial charge in [-0.2, -0.15) is 0 Å². The highest BCUT2D eigenvalue weighted by atomic mass is 79.9. The third-order valence-electron chi connectivity index (χ3n) is 5.24. The molecule has 1 N–H and O–H groups in total. The number of nitrogens with one attached hydrogen (secondary N) is 1. The SMILES string of the molecule is CC[C@H](C)NC(=O)[C@@H](C)N(Cc1ccccc1F)C(=O)CN(c1cccc(Br)c1)S(C)(=O)=O. The van der Waals surface area contributed by atoms with Crippen LogP contribution < -0.4 is 9.62 Å². The van der Waals surface area contributed by atoms with Gasteiger partial charge in [0, 0.05) is 22.6 Å². The molecule has 33 heavy (non-hydrogen) atoms. The molecule has 0 saturated carbocycles. The Balaban J connectivity index is 2.40. The third-order valence-corrected chi connectivity index (χ3v) is 6.88. The van der Waals surface area contributed by atoms with Crippen molar-refractivity contribution in [2.45, 2.75) is 45.8 Å². The summed E-state index contributed by atoms with van der Waals surface area (Å²) in [5.74, 6) is -1.55. The highest BCUT2D eigenvalue weighted by molar-refractivity contribution is 9.10. The summed E-state index contributed by atoms with van der Waals surface area (Å²) in [7, 11) is -3.82. The topological polar surface area (TPSA) is 86.8 Å². The van der Waals surface area contributed by atoms with Crippen molar-refractivity contribution < 1.29 is 22.4 Å². The molecular weight excluding hydrogens is 513 g/mol. The van der Waals surface area contributed by atoms with Crippen molar-refractivity contribution in [1.82, 2.24) is 10.2 Å². The number of anilines is 1. The van der Waals surface area contributed by atoms with E-state index in [1.165, 1.54) is 23.1 Å². The number of nitrogens with zero attached hydrogens (tertiary/aromatic N) is 2. The first-order chi connectivity index (χ1) is 15.4. The number of hydrogen-bond acceptors (Lipinski definition) is 4. The number of halogens is 2. The van der Waals surface area contributed by atoms with Gasteiger partial charge in [0.15, 0.2) is 0 Å². The molecule has 0 spiro atoms. The van der Waals surface area contributed by atoms with E-state index in [9.17, 15) is 22.4 Å². The standard InChI is InChI=1S/C23H29BrFN3O4S/c1-5-16(2)26-23(30)17(3)27(14-18-9-6-7-12-21(18)25)22(29)15-28(33(4,31)32)20-11-8-10-19(24)13-20/h6-13,16-17H,5,14-15H2,1-4H3,(H,26,30)/t16-,17+/m0/s1. The quantitative estimate of drug-likeness (QED) is 0.497. The van der Waals surface area contributed by atoms with Gasteiger partial charge in [-0.3, -0.25) is 13.9 Å². The molecular formula is C23H29BrFN3O4S. The molecule has 0 fully saturated rings. The van der Waals surface area contributed by atoms with Gasteiger partial charge in [0.25, 0.3) is 0 Å². The lowest BCUT2D eigenvalue weighted by Crippen LogP contribution is -2.52. The summed E-state index contributed by atoms with van der Waals surface area (Å²) in [6.07, 6.45) is 1.70. The van der Waals surface area contributed by atoms with Crippen molar-refractivity contribution in [1.29, 1.82) is 0 Å². The fourth-order valence-corrected chi connectivity index (χ4v) is 4.33. The third kappa shape index (κ3) is 7.53.